The monoisotopic (exact) mass is 270 g/mol. The minimum absolute atomic E-state index is 0.0473. The molecule has 2 heterocycles. The van der Waals surface area contributed by atoms with Gasteiger partial charge < -0.3 is 14.8 Å². The van der Waals surface area contributed by atoms with Crippen molar-refractivity contribution in [1.29, 1.82) is 0 Å². The maximum Gasteiger partial charge on any atom is 0.509 e. The number of hydrogen-bond acceptors (Lipinski definition) is 6. The standard InChI is InChI=1S/C12H11BN4O3/c18-13(19)10-6-17-11(14-8-15-17)12(16-10)20-7-9-4-2-1-3-5-9/h1-6,8,18-19H,7H2. The minimum atomic E-state index is -1.69. The molecule has 0 aliphatic carbocycles. The Labute approximate surface area is 114 Å². The topological polar surface area (TPSA) is 92.8 Å². The van der Waals surface area contributed by atoms with Crippen LogP contribution in [-0.4, -0.2) is 36.7 Å². The summed E-state index contributed by atoms with van der Waals surface area (Å²) < 4.78 is 6.99. The zero-order valence-electron chi connectivity index (χ0n) is 10.4. The van der Waals surface area contributed by atoms with Crippen molar-refractivity contribution in [1.82, 2.24) is 19.6 Å². The highest BCUT2D eigenvalue weighted by Gasteiger charge is 2.18. The van der Waals surface area contributed by atoms with E-state index in [2.05, 4.69) is 15.1 Å². The summed E-state index contributed by atoms with van der Waals surface area (Å²) in [5, 5.41) is 22.4. The number of nitrogens with zero attached hydrogens (tertiary/aromatic N) is 4. The number of ether oxygens (including phenoxy) is 1. The second-order valence-corrected chi connectivity index (χ2v) is 4.15. The van der Waals surface area contributed by atoms with Crippen LogP contribution >= 0.6 is 0 Å². The maximum atomic E-state index is 9.21. The summed E-state index contributed by atoms with van der Waals surface area (Å²) in [6, 6.07) is 9.58. The van der Waals surface area contributed by atoms with E-state index in [1.807, 2.05) is 30.3 Å². The molecule has 3 aromatic rings. The van der Waals surface area contributed by atoms with Gasteiger partial charge in [-0.15, -0.1) is 0 Å². The van der Waals surface area contributed by atoms with Crippen molar-refractivity contribution in [3.63, 3.8) is 0 Å². The predicted octanol–water partition coefficient (Wildman–Crippen LogP) is -0.617. The summed E-state index contributed by atoms with van der Waals surface area (Å²) in [5.74, 6) is 0.206. The minimum Gasteiger partial charge on any atom is -0.470 e. The van der Waals surface area contributed by atoms with Crippen LogP contribution in [0.5, 0.6) is 5.88 Å². The summed E-state index contributed by atoms with van der Waals surface area (Å²) in [6.45, 7) is 0.307. The zero-order valence-corrected chi connectivity index (χ0v) is 10.4. The second kappa shape index (κ2) is 5.28. The summed E-state index contributed by atoms with van der Waals surface area (Å²) in [7, 11) is -1.69. The first-order valence-electron chi connectivity index (χ1n) is 5.97. The predicted molar refractivity (Wildman–Crippen MR) is 71.4 cm³/mol. The van der Waals surface area contributed by atoms with E-state index < -0.39 is 7.12 Å². The first kappa shape index (κ1) is 12.6. The number of benzene rings is 1. The number of rotatable bonds is 4. The molecule has 1 aromatic carbocycles. The average molecular weight is 270 g/mol. The molecule has 20 heavy (non-hydrogen) atoms. The molecule has 0 fully saturated rings. The van der Waals surface area contributed by atoms with Crippen molar-refractivity contribution in [3.05, 3.63) is 48.4 Å². The van der Waals surface area contributed by atoms with Gasteiger partial charge in [0.15, 0.2) is 0 Å². The maximum absolute atomic E-state index is 9.21. The Kier molecular flexibility index (Phi) is 3.32. The summed E-state index contributed by atoms with van der Waals surface area (Å²) >= 11 is 0. The Bertz CT molecular complexity index is 717. The molecule has 0 amide bonds. The summed E-state index contributed by atoms with van der Waals surface area (Å²) in [4.78, 5) is 8.07. The molecule has 0 saturated heterocycles. The van der Waals surface area contributed by atoms with Gasteiger partial charge >= 0.3 is 7.12 Å². The smallest absolute Gasteiger partial charge is 0.470 e. The van der Waals surface area contributed by atoms with E-state index in [-0.39, 0.29) is 11.5 Å². The van der Waals surface area contributed by atoms with Gasteiger partial charge in [-0.05, 0) is 5.56 Å². The molecular formula is C12H11BN4O3. The molecule has 0 bridgehead atoms. The van der Waals surface area contributed by atoms with E-state index in [0.717, 1.165) is 5.56 Å². The SMILES string of the molecule is OB(O)c1cn2ncnc2c(OCc2ccccc2)n1. The molecule has 2 aromatic heterocycles. The molecule has 0 aliphatic rings. The van der Waals surface area contributed by atoms with Crippen LogP contribution in [0.4, 0.5) is 0 Å². The molecule has 0 saturated carbocycles. The average Bonchev–Trinajstić information content (AvgIpc) is 2.94. The van der Waals surface area contributed by atoms with Crippen molar-refractivity contribution in [2.24, 2.45) is 0 Å². The Morgan fingerprint density at radius 3 is 2.75 bits per heavy atom. The van der Waals surface area contributed by atoms with Gasteiger partial charge in [0.1, 0.15) is 12.9 Å². The fourth-order valence-electron chi connectivity index (χ4n) is 1.77. The van der Waals surface area contributed by atoms with Crippen LogP contribution < -0.4 is 10.3 Å². The molecule has 8 heteroatoms. The third-order valence-electron chi connectivity index (χ3n) is 2.73. The highest BCUT2D eigenvalue weighted by Crippen LogP contribution is 2.13. The number of aromatic nitrogens is 4. The fraction of sp³-hybridized carbons (Fsp3) is 0.0833. The molecular weight excluding hydrogens is 259 g/mol. The van der Waals surface area contributed by atoms with Gasteiger partial charge in [-0.25, -0.2) is 14.5 Å². The Hall–Kier alpha value is -2.45. The van der Waals surface area contributed by atoms with Gasteiger partial charge in [-0.3, -0.25) is 0 Å². The van der Waals surface area contributed by atoms with Crippen molar-refractivity contribution in [2.75, 3.05) is 0 Å². The van der Waals surface area contributed by atoms with Crippen LogP contribution in [0.2, 0.25) is 0 Å². The highest BCUT2D eigenvalue weighted by atomic mass is 16.5. The molecule has 7 nitrogen and oxygen atoms in total. The zero-order chi connectivity index (χ0) is 13.9. The normalized spacial score (nSPS) is 10.7. The lowest BCUT2D eigenvalue weighted by molar-refractivity contribution is 0.296. The van der Waals surface area contributed by atoms with Gasteiger partial charge in [0.2, 0.25) is 5.65 Å². The van der Waals surface area contributed by atoms with Crippen LogP contribution in [0.3, 0.4) is 0 Å². The van der Waals surface area contributed by atoms with E-state index in [1.165, 1.54) is 17.0 Å². The van der Waals surface area contributed by atoms with Crippen molar-refractivity contribution in [3.8, 4) is 5.88 Å². The lowest BCUT2D eigenvalue weighted by Gasteiger charge is -2.08. The van der Waals surface area contributed by atoms with Gasteiger partial charge in [-0.1, -0.05) is 30.3 Å². The summed E-state index contributed by atoms with van der Waals surface area (Å²) in [5.41, 5.74) is 1.44. The van der Waals surface area contributed by atoms with Crippen LogP contribution in [-0.2, 0) is 6.61 Å². The van der Waals surface area contributed by atoms with Crippen molar-refractivity contribution >= 4 is 18.4 Å². The van der Waals surface area contributed by atoms with E-state index in [1.54, 1.807) is 0 Å². The molecule has 0 aliphatic heterocycles. The molecule has 0 atom stereocenters. The summed E-state index contributed by atoms with van der Waals surface area (Å²) in [6.07, 6.45) is 2.74. The van der Waals surface area contributed by atoms with E-state index in [4.69, 9.17) is 4.74 Å². The quantitative estimate of drug-likeness (QED) is 0.614. The Morgan fingerprint density at radius 2 is 2.00 bits per heavy atom. The number of hydrogen-bond donors (Lipinski definition) is 2. The van der Waals surface area contributed by atoms with E-state index in [0.29, 0.717) is 12.3 Å². The van der Waals surface area contributed by atoms with Gasteiger partial charge in [0.05, 0.1) is 5.59 Å². The molecule has 3 rings (SSSR count). The van der Waals surface area contributed by atoms with Gasteiger partial charge in [0, 0.05) is 6.20 Å². The number of fused-ring (bicyclic) bond motifs is 1. The Balaban J connectivity index is 1.91. The molecule has 0 unspecified atom stereocenters. The first-order valence-corrected chi connectivity index (χ1v) is 5.97. The molecule has 0 radical (unpaired) electrons. The van der Waals surface area contributed by atoms with Crippen LogP contribution in [0.15, 0.2) is 42.9 Å². The first-order chi connectivity index (χ1) is 9.74. The third-order valence-corrected chi connectivity index (χ3v) is 2.73. The fourth-order valence-corrected chi connectivity index (χ4v) is 1.77. The van der Waals surface area contributed by atoms with Crippen LogP contribution in [0.1, 0.15) is 5.56 Å². The van der Waals surface area contributed by atoms with Gasteiger partial charge in [-0.2, -0.15) is 5.10 Å². The van der Waals surface area contributed by atoms with Crippen LogP contribution in [0, 0.1) is 0 Å². The van der Waals surface area contributed by atoms with Crippen molar-refractivity contribution in [2.45, 2.75) is 6.61 Å². The van der Waals surface area contributed by atoms with Crippen LogP contribution in [0.25, 0.3) is 5.65 Å². The molecule has 100 valence electrons. The lowest BCUT2D eigenvalue weighted by Crippen LogP contribution is -2.34. The largest absolute Gasteiger partial charge is 0.509 e. The highest BCUT2D eigenvalue weighted by molar-refractivity contribution is 6.57. The molecule has 2 N–H and O–H groups in total. The van der Waals surface area contributed by atoms with Crippen molar-refractivity contribution < 1.29 is 14.8 Å². The van der Waals surface area contributed by atoms with E-state index >= 15 is 0 Å². The third kappa shape index (κ3) is 2.47. The van der Waals surface area contributed by atoms with Gasteiger partial charge in [0.25, 0.3) is 5.88 Å². The Morgan fingerprint density at radius 1 is 1.20 bits per heavy atom. The van der Waals surface area contributed by atoms with E-state index in [9.17, 15) is 10.0 Å². The lowest BCUT2D eigenvalue weighted by atomic mass is 9.87. The second-order valence-electron chi connectivity index (χ2n) is 4.15. The molecule has 0 spiro atoms.